The van der Waals surface area contributed by atoms with E-state index in [0.29, 0.717) is 17.2 Å². The summed E-state index contributed by atoms with van der Waals surface area (Å²) in [6, 6.07) is 16.4. The summed E-state index contributed by atoms with van der Waals surface area (Å²) < 4.78 is 50.5. The van der Waals surface area contributed by atoms with Gasteiger partial charge in [-0.3, -0.25) is 0 Å². The van der Waals surface area contributed by atoms with Gasteiger partial charge in [0.25, 0.3) is 0 Å². The quantitative estimate of drug-likeness (QED) is 0.607. The highest BCUT2D eigenvalue weighted by molar-refractivity contribution is 5.51. The maximum atomic E-state index is 13.2. The van der Waals surface area contributed by atoms with E-state index in [1.807, 2.05) is 0 Å². The van der Waals surface area contributed by atoms with Crippen LogP contribution >= 0.6 is 0 Å². The topological polar surface area (TPSA) is 70.5 Å². The number of hydrogen-bond acceptors (Lipinski definition) is 4. The van der Waals surface area contributed by atoms with Crippen LogP contribution in [0.25, 0.3) is 0 Å². The van der Waals surface area contributed by atoms with Gasteiger partial charge in [-0.1, -0.05) is 6.07 Å². The molecule has 0 aliphatic carbocycles. The fourth-order valence-corrected chi connectivity index (χ4v) is 2.26. The molecule has 134 valence electrons. The highest BCUT2D eigenvalue weighted by atomic mass is 19.4. The lowest BCUT2D eigenvalue weighted by atomic mass is 10.1. The summed E-state index contributed by atoms with van der Waals surface area (Å²) in [6.45, 7) is 0. The molecule has 0 saturated carbocycles. The fraction of sp³-hybridized carbons (Fsp3) is 0.0526. The van der Waals surface area contributed by atoms with Gasteiger partial charge in [-0.15, -0.1) is 0 Å². The molecule has 0 aliphatic rings. The second-order valence-electron chi connectivity index (χ2n) is 5.50. The van der Waals surface area contributed by atoms with Crippen molar-refractivity contribution in [1.82, 2.24) is 0 Å². The van der Waals surface area contributed by atoms with Crippen LogP contribution in [0.2, 0.25) is 0 Å². The molecule has 0 atom stereocenters. The first-order valence-electron chi connectivity index (χ1n) is 7.59. The van der Waals surface area contributed by atoms with E-state index >= 15 is 0 Å². The molecule has 0 unspecified atom stereocenters. The Morgan fingerprint density at radius 2 is 1.27 bits per heavy atom. The van der Waals surface area contributed by atoms with Crippen LogP contribution in [0.3, 0.4) is 0 Å². The third-order valence-electron chi connectivity index (χ3n) is 3.46. The summed E-state index contributed by atoms with van der Waals surface area (Å²) in [6.07, 6.45) is -4.58. The molecule has 0 amide bonds. The van der Waals surface area contributed by atoms with Gasteiger partial charge in [0.05, 0.1) is 0 Å². The van der Waals surface area contributed by atoms with E-state index < -0.39 is 11.7 Å². The molecule has 3 aromatic carbocycles. The molecule has 0 aromatic heterocycles. The van der Waals surface area contributed by atoms with Gasteiger partial charge in [0.2, 0.25) is 0 Å². The van der Waals surface area contributed by atoms with Crippen molar-refractivity contribution in [3.8, 4) is 23.0 Å². The maximum Gasteiger partial charge on any atom is 0.420 e. The lowest BCUT2D eigenvalue weighted by Gasteiger charge is -2.15. The number of nitrogens with two attached hydrogens (primary N) is 2. The number of ether oxygens (including phenoxy) is 2. The highest BCUT2D eigenvalue weighted by Crippen LogP contribution is 2.39. The van der Waals surface area contributed by atoms with Crippen molar-refractivity contribution < 1.29 is 22.6 Å². The second-order valence-corrected chi connectivity index (χ2v) is 5.50. The van der Waals surface area contributed by atoms with Gasteiger partial charge >= 0.3 is 6.18 Å². The first-order valence-corrected chi connectivity index (χ1v) is 7.59. The minimum atomic E-state index is -4.58. The van der Waals surface area contributed by atoms with E-state index in [-0.39, 0.29) is 17.2 Å². The predicted molar refractivity (Wildman–Crippen MR) is 93.3 cm³/mol. The molecule has 0 radical (unpaired) electrons. The first-order chi connectivity index (χ1) is 12.3. The number of rotatable bonds is 4. The summed E-state index contributed by atoms with van der Waals surface area (Å²) in [7, 11) is 0. The van der Waals surface area contributed by atoms with Gasteiger partial charge in [-0.25, -0.2) is 0 Å². The molecule has 4 nitrogen and oxygen atoms in total. The van der Waals surface area contributed by atoms with Gasteiger partial charge in [-0.2, -0.15) is 13.2 Å². The van der Waals surface area contributed by atoms with Gasteiger partial charge in [0.15, 0.2) is 0 Å². The van der Waals surface area contributed by atoms with Crippen molar-refractivity contribution in [2.24, 2.45) is 0 Å². The zero-order valence-corrected chi connectivity index (χ0v) is 13.5. The molecule has 26 heavy (non-hydrogen) atoms. The Balaban J connectivity index is 1.84. The minimum Gasteiger partial charge on any atom is -0.457 e. The third kappa shape index (κ3) is 4.18. The Kier molecular flexibility index (Phi) is 4.62. The molecular weight excluding hydrogens is 345 g/mol. The van der Waals surface area contributed by atoms with Crippen LogP contribution in [-0.4, -0.2) is 0 Å². The van der Waals surface area contributed by atoms with Crippen LogP contribution < -0.4 is 20.9 Å². The molecule has 0 saturated heterocycles. The zero-order valence-electron chi connectivity index (χ0n) is 13.5. The highest BCUT2D eigenvalue weighted by Gasteiger charge is 2.34. The number of hydrogen-bond donors (Lipinski definition) is 2. The zero-order chi connectivity index (χ0) is 18.7. The minimum absolute atomic E-state index is 0.00473. The second kappa shape index (κ2) is 6.87. The third-order valence-corrected chi connectivity index (χ3v) is 3.46. The van der Waals surface area contributed by atoms with Crippen molar-refractivity contribution in [1.29, 1.82) is 0 Å². The van der Waals surface area contributed by atoms with E-state index in [4.69, 9.17) is 20.9 Å². The average molecular weight is 360 g/mol. The Morgan fingerprint density at radius 3 is 1.92 bits per heavy atom. The van der Waals surface area contributed by atoms with E-state index in [1.165, 1.54) is 24.3 Å². The Hall–Kier alpha value is -3.35. The van der Waals surface area contributed by atoms with E-state index in [2.05, 4.69) is 0 Å². The van der Waals surface area contributed by atoms with Crippen LogP contribution in [0.15, 0.2) is 66.7 Å². The monoisotopic (exact) mass is 360 g/mol. The smallest absolute Gasteiger partial charge is 0.420 e. The molecule has 0 aliphatic heterocycles. The summed E-state index contributed by atoms with van der Waals surface area (Å²) >= 11 is 0. The molecule has 7 heteroatoms. The van der Waals surface area contributed by atoms with Crippen molar-refractivity contribution in [2.75, 3.05) is 11.5 Å². The summed E-state index contributed by atoms with van der Waals surface area (Å²) in [5.41, 5.74) is 10.7. The van der Waals surface area contributed by atoms with Gasteiger partial charge in [0, 0.05) is 17.4 Å². The van der Waals surface area contributed by atoms with Crippen LogP contribution in [0.4, 0.5) is 24.5 Å². The standard InChI is InChI=1S/C19H15F3N2O2/c20-19(21,22)17-10-13(24)6-9-18(17)26-16-3-1-2-15(11-16)25-14-7-4-12(23)5-8-14/h1-11H,23-24H2. The van der Waals surface area contributed by atoms with E-state index in [1.54, 1.807) is 36.4 Å². The number of benzene rings is 3. The number of halogens is 3. The van der Waals surface area contributed by atoms with Crippen molar-refractivity contribution in [3.63, 3.8) is 0 Å². The fourth-order valence-electron chi connectivity index (χ4n) is 2.26. The Morgan fingerprint density at radius 1 is 0.654 bits per heavy atom. The molecule has 3 rings (SSSR count). The summed E-state index contributed by atoms with van der Waals surface area (Å²) in [5, 5.41) is 0. The van der Waals surface area contributed by atoms with Crippen LogP contribution in [0.5, 0.6) is 23.0 Å². The average Bonchev–Trinajstić information content (AvgIpc) is 2.58. The molecular formula is C19H15F3N2O2. The SMILES string of the molecule is Nc1ccc(Oc2cccc(Oc3ccc(N)cc3C(F)(F)F)c2)cc1. The number of alkyl halides is 3. The number of anilines is 2. The Bertz CT molecular complexity index is 909. The van der Waals surface area contributed by atoms with Crippen molar-refractivity contribution in [3.05, 3.63) is 72.3 Å². The summed E-state index contributed by atoms with van der Waals surface area (Å²) in [4.78, 5) is 0. The van der Waals surface area contributed by atoms with Crippen molar-refractivity contribution >= 4 is 11.4 Å². The maximum absolute atomic E-state index is 13.2. The molecule has 0 bridgehead atoms. The van der Waals surface area contributed by atoms with Gasteiger partial charge in [-0.05, 0) is 54.6 Å². The molecule has 0 fully saturated rings. The van der Waals surface area contributed by atoms with Gasteiger partial charge in [0.1, 0.15) is 28.6 Å². The molecule has 0 spiro atoms. The van der Waals surface area contributed by atoms with Gasteiger partial charge < -0.3 is 20.9 Å². The van der Waals surface area contributed by atoms with E-state index in [0.717, 1.165) is 6.07 Å². The largest absolute Gasteiger partial charge is 0.457 e. The number of nitrogen functional groups attached to an aromatic ring is 2. The lowest BCUT2D eigenvalue weighted by Crippen LogP contribution is -2.08. The first kappa shape index (κ1) is 17.5. The van der Waals surface area contributed by atoms with Crippen molar-refractivity contribution in [2.45, 2.75) is 6.18 Å². The molecule has 3 aromatic rings. The summed E-state index contributed by atoms with van der Waals surface area (Å²) in [5.74, 6) is 0.820. The molecule has 0 heterocycles. The predicted octanol–water partition coefficient (Wildman–Crippen LogP) is 5.45. The Labute approximate surface area is 147 Å². The van der Waals surface area contributed by atoms with E-state index in [9.17, 15) is 13.2 Å². The molecule has 4 N–H and O–H groups in total. The lowest BCUT2D eigenvalue weighted by molar-refractivity contribution is -0.138. The van der Waals surface area contributed by atoms with Crippen LogP contribution in [0, 0.1) is 0 Å². The van der Waals surface area contributed by atoms with Crippen LogP contribution in [0.1, 0.15) is 5.56 Å². The normalized spacial score (nSPS) is 11.2. The van der Waals surface area contributed by atoms with Crippen LogP contribution in [-0.2, 0) is 6.18 Å².